The predicted molar refractivity (Wildman–Crippen MR) is 102 cm³/mol. The summed E-state index contributed by atoms with van der Waals surface area (Å²) in [6.07, 6.45) is 6.12. The molecule has 0 radical (unpaired) electrons. The molecule has 2 aromatic rings. The summed E-state index contributed by atoms with van der Waals surface area (Å²) < 4.78 is 11.0. The van der Waals surface area contributed by atoms with Crippen LogP contribution in [-0.4, -0.2) is 20.0 Å². The van der Waals surface area contributed by atoms with Gasteiger partial charge in [0.05, 0.1) is 19.8 Å². The van der Waals surface area contributed by atoms with Crippen molar-refractivity contribution in [3.8, 4) is 11.5 Å². The first-order chi connectivity index (χ1) is 12.1. The molecule has 0 heterocycles. The van der Waals surface area contributed by atoms with Crippen LogP contribution >= 0.6 is 0 Å². The second-order valence-corrected chi connectivity index (χ2v) is 5.92. The van der Waals surface area contributed by atoms with Gasteiger partial charge in [0.1, 0.15) is 11.5 Å². The number of carbonyl (C=O) groups is 1. The van der Waals surface area contributed by atoms with Gasteiger partial charge in [-0.3, -0.25) is 4.79 Å². The minimum absolute atomic E-state index is 0.0955. The first-order valence-corrected chi connectivity index (χ1v) is 8.21. The van der Waals surface area contributed by atoms with E-state index in [0.717, 1.165) is 16.9 Å². The van der Waals surface area contributed by atoms with Crippen molar-refractivity contribution in [3.05, 3.63) is 76.9 Å². The van der Waals surface area contributed by atoms with Crippen LogP contribution in [0, 0.1) is 0 Å². The molecule has 0 fully saturated rings. The van der Waals surface area contributed by atoms with Crippen molar-refractivity contribution in [2.45, 2.75) is 20.3 Å². The van der Waals surface area contributed by atoms with E-state index in [1.54, 1.807) is 26.4 Å². The summed E-state index contributed by atoms with van der Waals surface area (Å²) in [6, 6.07) is 13.3. The van der Waals surface area contributed by atoms with Gasteiger partial charge in [-0.05, 0) is 44.0 Å². The minimum atomic E-state index is -0.0955. The van der Waals surface area contributed by atoms with Gasteiger partial charge in [0.25, 0.3) is 0 Å². The molecule has 25 heavy (non-hydrogen) atoms. The summed E-state index contributed by atoms with van der Waals surface area (Å²) >= 11 is 0. The molecule has 0 aromatic heterocycles. The van der Waals surface area contributed by atoms with E-state index in [0.29, 0.717) is 17.7 Å². The second kappa shape index (κ2) is 8.88. The van der Waals surface area contributed by atoms with Gasteiger partial charge in [0, 0.05) is 5.56 Å². The Hall–Kier alpha value is -2.81. The SMILES string of the molecule is COc1ccc(C(=O)C=Cc2ccccc2)c(OC)c1CC=C(C)C. The number of ketones is 1. The maximum absolute atomic E-state index is 12.7. The van der Waals surface area contributed by atoms with Crippen LogP contribution in [0.4, 0.5) is 0 Å². The Labute approximate surface area is 149 Å². The van der Waals surface area contributed by atoms with Crippen molar-refractivity contribution in [3.63, 3.8) is 0 Å². The first kappa shape index (κ1) is 18.5. The number of rotatable bonds is 7. The number of hydrogen-bond donors (Lipinski definition) is 0. The maximum Gasteiger partial charge on any atom is 0.189 e. The lowest BCUT2D eigenvalue weighted by Gasteiger charge is -2.15. The van der Waals surface area contributed by atoms with Crippen LogP contribution in [0.25, 0.3) is 6.08 Å². The molecule has 0 N–H and O–H groups in total. The summed E-state index contributed by atoms with van der Waals surface area (Å²) in [5.41, 5.74) is 3.59. The van der Waals surface area contributed by atoms with E-state index in [1.165, 1.54) is 5.57 Å². The molecule has 130 valence electrons. The Bertz CT molecular complexity index is 782. The Kier molecular flexibility index (Phi) is 6.58. The zero-order valence-corrected chi connectivity index (χ0v) is 15.2. The highest BCUT2D eigenvalue weighted by molar-refractivity contribution is 6.09. The van der Waals surface area contributed by atoms with Crippen LogP contribution in [-0.2, 0) is 6.42 Å². The average Bonchev–Trinajstić information content (AvgIpc) is 2.64. The lowest BCUT2D eigenvalue weighted by Crippen LogP contribution is -2.04. The van der Waals surface area contributed by atoms with Crippen molar-refractivity contribution in [2.24, 2.45) is 0 Å². The van der Waals surface area contributed by atoms with Gasteiger partial charge in [0.2, 0.25) is 0 Å². The van der Waals surface area contributed by atoms with E-state index in [2.05, 4.69) is 6.08 Å². The van der Waals surface area contributed by atoms with E-state index in [1.807, 2.05) is 56.3 Å². The molecule has 3 heteroatoms. The van der Waals surface area contributed by atoms with Gasteiger partial charge < -0.3 is 9.47 Å². The molecule has 0 spiro atoms. The van der Waals surface area contributed by atoms with Crippen molar-refractivity contribution >= 4 is 11.9 Å². The largest absolute Gasteiger partial charge is 0.496 e. The molecule has 2 aromatic carbocycles. The van der Waals surface area contributed by atoms with Crippen molar-refractivity contribution in [1.29, 1.82) is 0 Å². The van der Waals surface area contributed by atoms with Crippen LogP contribution < -0.4 is 9.47 Å². The van der Waals surface area contributed by atoms with E-state index in [-0.39, 0.29) is 5.78 Å². The van der Waals surface area contributed by atoms with Crippen LogP contribution in [0.5, 0.6) is 11.5 Å². The number of benzene rings is 2. The van der Waals surface area contributed by atoms with Gasteiger partial charge in [-0.25, -0.2) is 0 Å². The zero-order valence-electron chi connectivity index (χ0n) is 15.2. The molecule has 0 saturated carbocycles. The monoisotopic (exact) mass is 336 g/mol. The molecule has 0 aliphatic carbocycles. The number of methoxy groups -OCH3 is 2. The average molecular weight is 336 g/mol. The third kappa shape index (κ3) is 4.83. The fourth-order valence-electron chi connectivity index (χ4n) is 2.55. The minimum Gasteiger partial charge on any atom is -0.496 e. The van der Waals surface area contributed by atoms with Crippen molar-refractivity contribution < 1.29 is 14.3 Å². The third-order valence-electron chi connectivity index (χ3n) is 3.85. The Morgan fingerprint density at radius 1 is 1.00 bits per heavy atom. The first-order valence-electron chi connectivity index (χ1n) is 8.21. The topological polar surface area (TPSA) is 35.5 Å². The van der Waals surface area contributed by atoms with E-state index < -0.39 is 0 Å². The molecule has 0 aliphatic heterocycles. The summed E-state index contributed by atoms with van der Waals surface area (Å²) in [5.74, 6) is 1.19. The Balaban J connectivity index is 2.39. The molecule has 0 amide bonds. The number of hydrogen-bond acceptors (Lipinski definition) is 3. The molecule has 0 aliphatic rings. The normalized spacial score (nSPS) is 10.6. The molecular weight excluding hydrogens is 312 g/mol. The van der Waals surface area contributed by atoms with Gasteiger partial charge >= 0.3 is 0 Å². The van der Waals surface area contributed by atoms with Crippen LogP contribution in [0.3, 0.4) is 0 Å². The van der Waals surface area contributed by atoms with Crippen LogP contribution in [0.15, 0.2) is 60.2 Å². The van der Waals surface area contributed by atoms with Gasteiger partial charge in [-0.2, -0.15) is 0 Å². The lowest BCUT2D eigenvalue weighted by atomic mass is 10.00. The highest BCUT2D eigenvalue weighted by Crippen LogP contribution is 2.33. The third-order valence-corrected chi connectivity index (χ3v) is 3.85. The summed E-state index contributed by atoms with van der Waals surface area (Å²) in [6.45, 7) is 4.08. The van der Waals surface area contributed by atoms with E-state index >= 15 is 0 Å². The Morgan fingerprint density at radius 3 is 2.32 bits per heavy atom. The summed E-state index contributed by atoms with van der Waals surface area (Å²) in [4.78, 5) is 12.7. The lowest BCUT2D eigenvalue weighted by molar-refractivity contribution is 0.104. The predicted octanol–water partition coefficient (Wildman–Crippen LogP) is 5.11. The molecule has 0 atom stereocenters. The molecule has 3 nitrogen and oxygen atoms in total. The number of allylic oxidation sites excluding steroid dienone is 3. The zero-order chi connectivity index (χ0) is 18.2. The fraction of sp³-hybridized carbons (Fsp3) is 0.227. The number of ether oxygens (including phenoxy) is 2. The quantitative estimate of drug-likeness (QED) is 0.400. The highest BCUT2D eigenvalue weighted by atomic mass is 16.5. The molecule has 0 unspecified atom stereocenters. The maximum atomic E-state index is 12.7. The van der Waals surface area contributed by atoms with Gasteiger partial charge in [-0.15, -0.1) is 0 Å². The number of carbonyl (C=O) groups excluding carboxylic acids is 1. The van der Waals surface area contributed by atoms with Gasteiger partial charge in [0.15, 0.2) is 5.78 Å². The fourth-order valence-corrected chi connectivity index (χ4v) is 2.55. The molecule has 0 saturated heterocycles. The van der Waals surface area contributed by atoms with Crippen molar-refractivity contribution in [2.75, 3.05) is 14.2 Å². The molecule has 0 bridgehead atoms. The van der Waals surface area contributed by atoms with Crippen LogP contribution in [0.2, 0.25) is 0 Å². The van der Waals surface area contributed by atoms with E-state index in [9.17, 15) is 4.79 Å². The highest BCUT2D eigenvalue weighted by Gasteiger charge is 2.17. The van der Waals surface area contributed by atoms with E-state index in [4.69, 9.17) is 9.47 Å². The van der Waals surface area contributed by atoms with Gasteiger partial charge in [-0.1, -0.05) is 48.1 Å². The second-order valence-electron chi connectivity index (χ2n) is 5.92. The Morgan fingerprint density at radius 2 is 1.72 bits per heavy atom. The van der Waals surface area contributed by atoms with Crippen molar-refractivity contribution in [1.82, 2.24) is 0 Å². The van der Waals surface area contributed by atoms with Crippen LogP contribution in [0.1, 0.15) is 35.3 Å². The standard InChI is InChI=1S/C22H24O3/c1-16(2)10-12-19-21(24-3)15-13-18(22(19)25-4)20(23)14-11-17-8-6-5-7-9-17/h5-11,13-15H,12H2,1-4H3. The smallest absolute Gasteiger partial charge is 0.189 e. The molecular formula is C22H24O3. The summed E-state index contributed by atoms with van der Waals surface area (Å²) in [7, 11) is 3.20. The summed E-state index contributed by atoms with van der Waals surface area (Å²) in [5, 5.41) is 0. The molecule has 2 rings (SSSR count).